The molecule has 0 bridgehead atoms. The Kier molecular flexibility index (Phi) is 13.9. The number of halogens is 3. The van der Waals surface area contributed by atoms with E-state index in [9.17, 15) is 0 Å². The van der Waals surface area contributed by atoms with Crippen molar-refractivity contribution < 1.29 is 58.9 Å². The fourth-order valence-electron chi connectivity index (χ4n) is 2.70. The van der Waals surface area contributed by atoms with Gasteiger partial charge in [0.15, 0.2) is 0 Å². The predicted octanol–water partition coefficient (Wildman–Crippen LogP) is -4.90. The van der Waals surface area contributed by atoms with E-state index in [-0.39, 0.29) is 58.9 Å². The van der Waals surface area contributed by atoms with E-state index >= 15 is 0 Å². The van der Waals surface area contributed by atoms with Crippen LogP contribution in [0.15, 0.2) is 42.5 Å². The Balaban J connectivity index is -0.00000110. The summed E-state index contributed by atoms with van der Waals surface area (Å²) in [7, 11) is -2.42. The van der Waals surface area contributed by atoms with E-state index in [4.69, 9.17) is 0 Å². The van der Waals surface area contributed by atoms with E-state index in [1.165, 1.54) is 11.1 Å². The molecule has 6 heteroatoms. The molecule has 0 spiro atoms. The normalized spacial score (nSPS) is 10.6. The summed E-state index contributed by atoms with van der Waals surface area (Å²) in [4.78, 5) is 0. The van der Waals surface area contributed by atoms with Crippen LogP contribution in [0.2, 0.25) is 39.3 Å². The number of hydrogen-bond donors (Lipinski definition) is 0. The van der Waals surface area contributed by atoms with Crippen LogP contribution < -0.4 is 47.6 Å². The molecule has 0 atom stereocenters. The van der Waals surface area contributed by atoms with E-state index < -0.39 is 16.1 Å². The quantitative estimate of drug-likeness (QED) is 0.322. The van der Waals surface area contributed by atoms with Crippen LogP contribution >= 0.6 is 0 Å². The second-order valence-corrected chi connectivity index (χ2v) is 18.0. The zero-order valence-corrected chi connectivity index (χ0v) is 21.2. The third-order valence-electron chi connectivity index (χ3n) is 3.90. The van der Waals surface area contributed by atoms with Gasteiger partial charge >= 0.3 is 21.7 Å². The van der Waals surface area contributed by atoms with Crippen LogP contribution in [-0.4, -0.2) is 16.1 Å². The standard InChI is InChI=1S/C18H27Si2.3ClH.Ti/c1-19(2,3)17-12-11-15(14-17)13-16-9-7-8-10-18(16)20(4,5)6;;;;/h7-12,14H,13H2,1-6H3;3*1H;/q-1;;;;+4/p-3. The largest absolute Gasteiger partial charge is 4.00 e. The molecular weight excluding hydrogens is 427 g/mol. The molecule has 2 aromatic carbocycles. The fourth-order valence-corrected chi connectivity index (χ4v) is 5.63. The van der Waals surface area contributed by atoms with Crippen LogP contribution in [0.5, 0.6) is 0 Å². The van der Waals surface area contributed by atoms with E-state index in [1.54, 1.807) is 10.4 Å². The maximum atomic E-state index is 2.44. The van der Waals surface area contributed by atoms with E-state index in [0.29, 0.717) is 0 Å². The van der Waals surface area contributed by atoms with Gasteiger partial charge in [0.25, 0.3) is 0 Å². The van der Waals surface area contributed by atoms with Gasteiger partial charge in [0.05, 0.1) is 8.07 Å². The van der Waals surface area contributed by atoms with E-state index in [2.05, 4.69) is 81.7 Å². The van der Waals surface area contributed by atoms with Gasteiger partial charge in [0.2, 0.25) is 0 Å². The molecule has 0 saturated carbocycles. The molecule has 0 fully saturated rings. The summed E-state index contributed by atoms with van der Waals surface area (Å²) < 4.78 is 0. The molecule has 2 aromatic rings. The average molecular weight is 454 g/mol. The van der Waals surface area contributed by atoms with E-state index in [0.717, 1.165) is 6.42 Å². The predicted molar refractivity (Wildman–Crippen MR) is 97.2 cm³/mol. The summed E-state index contributed by atoms with van der Waals surface area (Å²) in [6.07, 6.45) is 1.09. The van der Waals surface area contributed by atoms with Gasteiger partial charge in [-0.25, -0.2) is 11.3 Å². The minimum absolute atomic E-state index is 0. The third kappa shape index (κ3) is 7.86. The van der Waals surface area contributed by atoms with Crippen LogP contribution in [0.25, 0.3) is 0 Å². The Bertz CT molecular complexity index is 599. The Morgan fingerprint density at radius 3 is 1.79 bits per heavy atom. The third-order valence-corrected chi connectivity index (χ3v) is 8.05. The zero-order valence-electron chi connectivity index (χ0n) is 15.4. The molecule has 132 valence electrons. The molecule has 0 amide bonds. The topological polar surface area (TPSA) is 0 Å². The van der Waals surface area contributed by atoms with Crippen molar-refractivity contribution in [2.45, 2.75) is 45.7 Å². The van der Waals surface area contributed by atoms with Crippen molar-refractivity contribution in [3.63, 3.8) is 0 Å². The first-order valence-electron chi connectivity index (χ1n) is 7.52. The summed E-state index contributed by atoms with van der Waals surface area (Å²) in [5, 5.41) is 3.19. The van der Waals surface area contributed by atoms with E-state index in [1.807, 2.05) is 0 Å². The van der Waals surface area contributed by atoms with Crippen molar-refractivity contribution in [1.82, 2.24) is 0 Å². The summed E-state index contributed by atoms with van der Waals surface area (Å²) in [6, 6.07) is 16.1. The number of rotatable bonds is 4. The molecule has 0 aliphatic heterocycles. The van der Waals surface area contributed by atoms with Crippen LogP contribution in [-0.2, 0) is 28.1 Å². The van der Waals surface area contributed by atoms with Crippen LogP contribution in [0, 0.1) is 0 Å². The smallest absolute Gasteiger partial charge is 1.00 e. The Morgan fingerprint density at radius 1 is 0.792 bits per heavy atom. The van der Waals surface area contributed by atoms with Crippen molar-refractivity contribution in [3.8, 4) is 0 Å². The van der Waals surface area contributed by atoms with Gasteiger partial charge in [0, 0.05) is 8.07 Å². The van der Waals surface area contributed by atoms with Crippen LogP contribution in [0.4, 0.5) is 0 Å². The van der Waals surface area contributed by atoms with Crippen molar-refractivity contribution in [1.29, 1.82) is 0 Å². The van der Waals surface area contributed by atoms with Gasteiger partial charge < -0.3 is 37.2 Å². The molecule has 0 saturated heterocycles. The molecule has 0 unspecified atom stereocenters. The fraction of sp³-hybridized carbons (Fsp3) is 0.389. The van der Waals surface area contributed by atoms with Crippen LogP contribution in [0.1, 0.15) is 11.1 Å². The van der Waals surface area contributed by atoms with Gasteiger partial charge in [-0.15, -0.1) is 0 Å². The number of hydrogen-bond acceptors (Lipinski definition) is 0. The van der Waals surface area contributed by atoms with Crippen molar-refractivity contribution in [3.05, 3.63) is 53.6 Å². The average Bonchev–Trinajstić information content (AvgIpc) is 2.76. The van der Waals surface area contributed by atoms with Gasteiger partial charge in [-0.05, 0) is 6.42 Å². The maximum absolute atomic E-state index is 2.44. The molecule has 24 heavy (non-hydrogen) atoms. The number of benzene rings is 1. The SMILES string of the molecule is C[Si](C)(C)c1cc[c-](Cc2ccccc2[Si](C)(C)C)c1.[Cl-].[Cl-].[Cl-].[Ti+4]. The molecule has 0 radical (unpaired) electrons. The van der Waals surface area contributed by atoms with Gasteiger partial charge in [-0.3, -0.25) is 0 Å². The molecule has 0 nitrogen and oxygen atoms in total. The van der Waals surface area contributed by atoms with Gasteiger partial charge in [-0.2, -0.15) is 17.7 Å². The van der Waals surface area contributed by atoms with Crippen LogP contribution in [0.3, 0.4) is 0 Å². The first-order valence-corrected chi connectivity index (χ1v) is 14.5. The second kappa shape index (κ2) is 11.3. The van der Waals surface area contributed by atoms with Gasteiger partial charge in [0.1, 0.15) is 0 Å². The monoisotopic (exact) mass is 452 g/mol. The molecule has 0 aromatic heterocycles. The van der Waals surface area contributed by atoms with Crippen molar-refractivity contribution in [2.24, 2.45) is 0 Å². The van der Waals surface area contributed by atoms with Crippen molar-refractivity contribution >= 4 is 26.5 Å². The summed E-state index contributed by atoms with van der Waals surface area (Å²) in [6.45, 7) is 14.6. The molecule has 0 heterocycles. The van der Waals surface area contributed by atoms with Crippen molar-refractivity contribution in [2.75, 3.05) is 0 Å². The molecule has 0 aliphatic rings. The molecule has 2 rings (SSSR count). The minimum Gasteiger partial charge on any atom is -1.00 e. The Morgan fingerprint density at radius 2 is 1.33 bits per heavy atom. The first-order chi connectivity index (χ1) is 9.18. The first kappa shape index (κ1) is 29.4. The Hall–Kier alpha value is 0.588. The molecule has 0 aliphatic carbocycles. The molecule has 0 N–H and O–H groups in total. The summed E-state index contributed by atoms with van der Waals surface area (Å²) in [5.74, 6) is 0. The summed E-state index contributed by atoms with van der Waals surface area (Å²) in [5.41, 5.74) is 3.01. The second-order valence-electron chi connectivity index (χ2n) is 7.84. The molecular formula is C18H27Cl3Si2Ti. The minimum atomic E-state index is -1.25. The van der Waals surface area contributed by atoms with Gasteiger partial charge in [-0.1, -0.05) is 74.3 Å². The summed E-state index contributed by atoms with van der Waals surface area (Å²) >= 11 is 0. The maximum Gasteiger partial charge on any atom is 4.00 e. The Labute approximate surface area is 183 Å². The zero-order chi connectivity index (χ0) is 15.0.